The third-order valence-electron chi connectivity index (χ3n) is 5.84. The Morgan fingerprint density at radius 2 is 2.08 bits per heavy atom. The SMILES string of the molecule is CN1C(=O)CO[C@@H]2CN(CCCn3cccn3)CC[C@]21c1ccccc1. The molecule has 0 radical (unpaired) electrons. The fourth-order valence-corrected chi connectivity index (χ4v) is 4.37. The predicted molar refractivity (Wildman–Crippen MR) is 98.5 cm³/mol. The Morgan fingerprint density at radius 1 is 1.23 bits per heavy atom. The number of aryl methyl sites for hydroxylation is 1. The van der Waals surface area contributed by atoms with E-state index in [0.29, 0.717) is 0 Å². The van der Waals surface area contributed by atoms with E-state index in [2.05, 4.69) is 22.1 Å². The van der Waals surface area contributed by atoms with Gasteiger partial charge in [0, 0.05) is 45.6 Å². The lowest BCUT2D eigenvalue weighted by molar-refractivity contribution is -0.182. The molecule has 0 aliphatic carbocycles. The van der Waals surface area contributed by atoms with Gasteiger partial charge in [0.15, 0.2) is 0 Å². The van der Waals surface area contributed by atoms with Crippen LogP contribution in [0.2, 0.25) is 0 Å². The monoisotopic (exact) mass is 354 g/mol. The Morgan fingerprint density at radius 3 is 2.85 bits per heavy atom. The lowest BCUT2D eigenvalue weighted by atomic mass is 9.76. The van der Waals surface area contributed by atoms with Crippen molar-refractivity contribution in [2.24, 2.45) is 0 Å². The zero-order valence-electron chi connectivity index (χ0n) is 15.3. The topological polar surface area (TPSA) is 50.6 Å². The number of fused-ring (bicyclic) bond motifs is 1. The highest BCUT2D eigenvalue weighted by molar-refractivity contribution is 5.79. The van der Waals surface area contributed by atoms with Gasteiger partial charge in [-0.2, -0.15) is 5.10 Å². The van der Waals surface area contributed by atoms with Crippen molar-refractivity contribution in [3.63, 3.8) is 0 Å². The van der Waals surface area contributed by atoms with Crippen molar-refractivity contribution in [2.75, 3.05) is 33.3 Å². The van der Waals surface area contributed by atoms with Crippen LogP contribution in [0.4, 0.5) is 0 Å². The zero-order valence-corrected chi connectivity index (χ0v) is 15.3. The number of likely N-dealkylation sites (tertiary alicyclic amines) is 1. The molecule has 2 aromatic rings. The summed E-state index contributed by atoms with van der Waals surface area (Å²) < 4.78 is 8.03. The molecule has 1 aromatic heterocycles. The molecule has 0 spiro atoms. The van der Waals surface area contributed by atoms with Gasteiger partial charge in [0.05, 0.1) is 11.6 Å². The van der Waals surface area contributed by atoms with Crippen LogP contribution in [-0.2, 0) is 21.6 Å². The van der Waals surface area contributed by atoms with Crippen LogP contribution in [0.25, 0.3) is 0 Å². The van der Waals surface area contributed by atoms with Crippen molar-refractivity contribution in [1.29, 1.82) is 0 Å². The van der Waals surface area contributed by atoms with Crippen molar-refractivity contribution in [3.8, 4) is 0 Å². The molecular formula is C20H26N4O2. The molecule has 2 aliphatic rings. The van der Waals surface area contributed by atoms with Gasteiger partial charge in [-0.1, -0.05) is 30.3 Å². The molecule has 26 heavy (non-hydrogen) atoms. The molecule has 2 atom stereocenters. The molecule has 3 heterocycles. The largest absolute Gasteiger partial charge is 0.364 e. The molecule has 1 aromatic carbocycles. The number of rotatable bonds is 5. The normalized spacial score (nSPS) is 26.7. The lowest BCUT2D eigenvalue weighted by Crippen LogP contribution is -2.66. The van der Waals surface area contributed by atoms with Crippen LogP contribution in [0, 0.1) is 0 Å². The van der Waals surface area contributed by atoms with Gasteiger partial charge in [0.2, 0.25) is 5.91 Å². The molecule has 138 valence electrons. The average Bonchev–Trinajstić information content (AvgIpc) is 3.19. The molecule has 2 fully saturated rings. The van der Waals surface area contributed by atoms with Gasteiger partial charge >= 0.3 is 0 Å². The van der Waals surface area contributed by atoms with E-state index in [9.17, 15) is 4.79 Å². The van der Waals surface area contributed by atoms with Gasteiger partial charge in [-0.3, -0.25) is 9.48 Å². The highest BCUT2D eigenvalue weighted by Gasteiger charge is 2.52. The molecule has 0 saturated carbocycles. The minimum absolute atomic E-state index is 0.00560. The fourth-order valence-electron chi connectivity index (χ4n) is 4.37. The van der Waals surface area contributed by atoms with E-state index in [1.165, 1.54) is 5.56 Å². The standard InChI is InChI=1S/C20H26N4O2/c1-22-19(25)16-26-18-15-23(11-6-13-24-12-5-10-21-24)14-9-20(18,22)17-7-3-2-4-8-17/h2-5,7-8,10,12,18H,6,9,11,13-16H2,1H3/t18-,20+/m1/s1. The minimum Gasteiger partial charge on any atom is -0.364 e. The summed E-state index contributed by atoms with van der Waals surface area (Å²) in [5, 5.41) is 4.26. The summed E-state index contributed by atoms with van der Waals surface area (Å²) in [7, 11) is 1.93. The molecule has 0 N–H and O–H groups in total. The maximum absolute atomic E-state index is 12.4. The number of aromatic nitrogens is 2. The number of nitrogens with zero attached hydrogens (tertiary/aromatic N) is 4. The molecule has 6 nitrogen and oxygen atoms in total. The van der Waals surface area contributed by atoms with E-state index in [0.717, 1.165) is 39.0 Å². The quantitative estimate of drug-likeness (QED) is 0.821. The molecule has 0 unspecified atom stereocenters. The van der Waals surface area contributed by atoms with Crippen molar-refractivity contribution >= 4 is 5.91 Å². The van der Waals surface area contributed by atoms with E-state index in [1.807, 2.05) is 53.3 Å². The number of hydrogen-bond donors (Lipinski definition) is 0. The minimum atomic E-state index is -0.352. The Bertz CT molecular complexity index is 734. The summed E-state index contributed by atoms with van der Waals surface area (Å²) in [5.74, 6) is 0.0669. The third kappa shape index (κ3) is 3.04. The zero-order chi connectivity index (χ0) is 18.0. The fraction of sp³-hybridized carbons (Fsp3) is 0.500. The molecule has 6 heteroatoms. The van der Waals surface area contributed by atoms with E-state index >= 15 is 0 Å². The van der Waals surface area contributed by atoms with Crippen LogP contribution >= 0.6 is 0 Å². The summed E-state index contributed by atoms with van der Waals surface area (Å²) in [6, 6.07) is 12.3. The highest BCUT2D eigenvalue weighted by atomic mass is 16.5. The van der Waals surface area contributed by atoms with Gasteiger partial charge in [-0.15, -0.1) is 0 Å². The van der Waals surface area contributed by atoms with Crippen molar-refractivity contribution in [2.45, 2.75) is 31.0 Å². The van der Waals surface area contributed by atoms with Crippen LogP contribution < -0.4 is 0 Å². The maximum atomic E-state index is 12.4. The van der Waals surface area contributed by atoms with Gasteiger partial charge in [0.25, 0.3) is 0 Å². The first-order valence-electron chi connectivity index (χ1n) is 9.34. The summed E-state index contributed by atoms with van der Waals surface area (Å²) in [4.78, 5) is 16.8. The average molecular weight is 354 g/mol. The van der Waals surface area contributed by atoms with E-state index in [-0.39, 0.29) is 24.2 Å². The molecule has 2 saturated heterocycles. The van der Waals surface area contributed by atoms with Gasteiger partial charge in [-0.05, 0) is 24.5 Å². The van der Waals surface area contributed by atoms with Crippen LogP contribution in [-0.4, -0.2) is 64.9 Å². The van der Waals surface area contributed by atoms with Gasteiger partial charge in [-0.25, -0.2) is 0 Å². The number of amides is 1. The van der Waals surface area contributed by atoms with Gasteiger partial charge < -0.3 is 14.5 Å². The highest BCUT2D eigenvalue weighted by Crippen LogP contribution is 2.42. The van der Waals surface area contributed by atoms with E-state index in [1.54, 1.807) is 0 Å². The van der Waals surface area contributed by atoms with Crippen LogP contribution in [0.5, 0.6) is 0 Å². The number of carbonyl (C=O) groups is 1. The van der Waals surface area contributed by atoms with Crippen molar-refractivity contribution < 1.29 is 9.53 Å². The van der Waals surface area contributed by atoms with Gasteiger partial charge in [0.1, 0.15) is 6.61 Å². The summed E-state index contributed by atoms with van der Waals surface area (Å²) in [6.45, 7) is 3.94. The smallest absolute Gasteiger partial charge is 0.249 e. The number of carbonyl (C=O) groups excluding carboxylic acids is 1. The molecule has 2 aliphatic heterocycles. The van der Waals surface area contributed by atoms with E-state index in [4.69, 9.17) is 4.74 Å². The second-order valence-corrected chi connectivity index (χ2v) is 7.22. The molecule has 0 bridgehead atoms. The first-order valence-corrected chi connectivity index (χ1v) is 9.34. The number of ether oxygens (including phenoxy) is 1. The van der Waals surface area contributed by atoms with Crippen LogP contribution in [0.3, 0.4) is 0 Å². The maximum Gasteiger partial charge on any atom is 0.249 e. The Hall–Kier alpha value is -2.18. The number of piperidine rings is 1. The summed E-state index contributed by atoms with van der Waals surface area (Å²) >= 11 is 0. The van der Waals surface area contributed by atoms with Crippen molar-refractivity contribution in [3.05, 3.63) is 54.4 Å². The third-order valence-corrected chi connectivity index (χ3v) is 5.84. The number of hydrogen-bond acceptors (Lipinski definition) is 4. The summed E-state index contributed by atoms with van der Waals surface area (Å²) in [6.07, 6.45) is 5.78. The first kappa shape index (κ1) is 17.2. The number of benzene rings is 1. The lowest BCUT2D eigenvalue weighted by Gasteiger charge is -2.55. The molecule has 1 amide bonds. The van der Waals surface area contributed by atoms with E-state index < -0.39 is 0 Å². The second kappa shape index (κ2) is 7.21. The van der Waals surface area contributed by atoms with Crippen LogP contribution in [0.1, 0.15) is 18.4 Å². The molecule has 4 rings (SSSR count). The Balaban J connectivity index is 1.47. The summed E-state index contributed by atoms with van der Waals surface area (Å²) in [5.41, 5.74) is 0.825. The number of morpholine rings is 1. The Labute approximate surface area is 154 Å². The Kier molecular flexibility index (Phi) is 4.78. The number of likely N-dealkylation sites (N-methyl/N-ethyl adjacent to an activating group) is 1. The molecular weight excluding hydrogens is 328 g/mol. The van der Waals surface area contributed by atoms with Crippen molar-refractivity contribution in [1.82, 2.24) is 19.6 Å². The second-order valence-electron chi connectivity index (χ2n) is 7.22. The predicted octanol–water partition coefficient (Wildman–Crippen LogP) is 1.73. The first-order chi connectivity index (χ1) is 12.7. The van der Waals surface area contributed by atoms with Crippen LogP contribution in [0.15, 0.2) is 48.8 Å².